The first kappa shape index (κ1) is 20.5. The number of fused-ring (bicyclic) bond motifs is 2. The van der Waals surface area contributed by atoms with Gasteiger partial charge in [-0.05, 0) is 36.9 Å². The molecule has 0 bridgehead atoms. The third-order valence-corrected chi connectivity index (χ3v) is 6.10. The fourth-order valence-electron chi connectivity index (χ4n) is 4.54. The molecule has 0 amide bonds. The lowest BCUT2D eigenvalue weighted by molar-refractivity contribution is -0.0257. The van der Waals surface area contributed by atoms with E-state index in [1.807, 2.05) is 24.3 Å². The summed E-state index contributed by atoms with van der Waals surface area (Å²) in [5.74, 6) is 3.05. The predicted molar refractivity (Wildman–Crippen MR) is 112 cm³/mol. The predicted octanol–water partition coefficient (Wildman–Crippen LogP) is 3.97. The number of rotatable bonds is 6. The van der Waals surface area contributed by atoms with Crippen LogP contribution in [0.25, 0.3) is 0 Å². The summed E-state index contributed by atoms with van der Waals surface area (Å²) in [6, 6.07) is 7.67. The van der Waals surface area contributed by atoms with Crippen LogP contribution in [-0.4, -0.2) is 50.3 Å². The Hall–Kier alpha value is -2.80. The summed E-state index contributed by atoms with van der Waals surface area (Å²) in [7, 11) is 3.08. The van der Waals surface area contributed by atoms with E-state index < -0.39 is 0 Å². The highest BCUT2D eigenvalue weighted by molar-refractivity contribution is 5.59. The van der Waals surface area contributed by atoms with Gasteiger partial charge in [0.1, 0.15) is 5.75 Å². The van der Waals surface area contributed by atoms with Crippen LogP contribution in [0.2, 0.25) is 0 Å². The Balaban J connectivity index is 1.89. The fraction of sp³-hybridized carbons (Fsp3) is 0.478. The normalized spacial score (nSPS) is 21.9. The SMILES string of the molecule is CCN(CC)[C@H]1Oc2cc3c(cc2[C@@H](c2cc(OC)c(O)c(OC)c2)[C@H]1C)OCO3. The van der Waals surface area contributed by atoms with E-state index in [-0.39, 0.29) is 30.6 Å². The monoisotopic (exact) mass is 415 g/mol. The van der Waals surface area contributed by atoms with Gasteiger partial charge in [-0.1, -0.05) is 20.8 Å². The van der Waals surface area contributed by atoms with Crippen molar-refractivity contribution in [3.05, 3.63) is 35.4 Å². The maximum absolute atomic E-state index is 10.4. The molecule has 2 aromatic carbocycles. The molecule has 30 heavy (non-hydrogen) atoms. The Morgan fingerprint density at radius 3 is 2.13 bits per heavy atom. The number of aromatic hydroxyl groups is 1. The molecule has 0 radical (unpaired) electrons. The van der Waals surface area contributed by atoms with Crippen LogP contribution in [0.3, 0.4) is 0 Å². The van der Waals surface area contributed by atoms with E-state index in [9.17, 15) is 5.11 Å². The molecule has 162 valence electrons. The minimum atomic E-state index is -0.108. The van der Waals surface area contributed by atoms with E-state index in [0.29, 0.717) is 23.0 Å². The van der Waals surface area contributed by atoms with E-state index >= 15 is 0 Å². The van der Waals surface area contributed by atoms with Crippen LogP contribution >= 0.6 is 0 Å². The molecule has 0 saturated heterocycles. The van der Waals surface area contributed by atoms with Crippen LogP contribution in [0.4, 0.5) is 0 Å². The lowest BCUT2D eigenvalue weighted by Gasteiger charge is -2.43. The third kappa shape index (κ3) is 3.27. The van der Waals surface area contributed by atoms with Crippen molar-refractivity contribution >= 4 is 0 Å². The first-order chi connectivity index (χ1) is 14.5. The van der Waals surface area contributed by atoms with Crippen LogP contribution in [0.15, 0.2) is 24.3 Å². The summed E-state index contributed by atoms with van der Waals surface area (Å²) >= 11 is 0. The Bertz CT molecular complexity index is 901. The number of methoxy groups -OCH3 is 2. The van der Waals surface area contributed by atoms with Crippen molar-refractivity contribution in [3.63, 3.8) is 0 Å². The molecular formula is C23H29NO6. The quantitative estimate of drug-likeness (QED) is 0.766. The second-order valence-corrected chi connectivity index (χ2v) is 7.58. The Morgan fingerprint density at radius 2 is 1.57 bits per heavy atom. The first-order valence-electron chi connectivity index (χ1n) is 10.3. The first-order valence-corrected chi connectivity index (χ1v) is 10.3. The van der Waals surface area contributed by atoms with Crippen molar-refractivity contribution in [1.29, 1.82) is 0 Å². The zero-order valence-corrected chi connectivity index (χ0v) is 18.1. The summed E-state index contributed by atoms with van der Waals surface area (Å²) in [5.41, 5.74) is 2.00. The number of hydrogen-bond donors (Lipinski definition) is 1. The summed E-state index contributed by atoms with van der Waals surface area (Å²) in [6.45, 7) is 8.42. The molecule has 7 heteroatoms. The van der Waals surface area contributed by atoms with Gasteiger partial charge >= 0.3 is 0 Å². The van der Waals surface area contributed by atoms with Gasteiger partial charge < -0.3 is 28.8 Å². The van der Waals surface area contributed by atoms with Gasteiger partial charge in [-0.3, -0.25) is 4.90 Å². The molecule has 0 unspecified atom stereocenters. The fourth-order valence-corrected chi connectivity index (χ4v) is 4.54. The average molecular weight is 415 g/mol. The van der Waals surface area contributed by atoms with E-state index in [4.69, 9.17) is 23.7 Å². The van der Waals surface area contributed by atoms with Crippen LogP contribution in [0.5, 0.6) is 34.5 Å². The van der Waals surface area contributed by atoms with Gasteiger partial charge in [0.05, 0.1) is 14.2 Å². The van der Waals surface area contributed by atoms with Crippen molar-refractivity contribution < 1.29 is 28.8 Å². The lowest BCUT2D eigenvalue weighted by atomic mass is 9.78. The van der Waals surface area contributed by atoms with Gasteiger partial charge in [0.2, 0.25) is 12.5 Å². The highest BCUT2D eigenvalue weighted by atomic mass is 16.7. The van der Waals surface area contributed by atoms with Crippen LogP contribution in [0, 0.1) is 5.92 Å². The second-order valence-electron chi connectivity index (χ2n) is 7.58. The molecule has 1 N–H and O–H groups in total. The van der Waals surface area contributed by atoms with Gasteiger partial charge in [-0.25, -0.2) is 0 Å². The number of phenolic OH excluding ortho intramolecular Hbond substituents is 1. The zero-order valence-electron chi connectivity index (χ0n) is 18.1. The minimum absolute atomic E-state index is 0.00494. The Morgan fingerprint density at radius 1 is 0.967 bits per heavy atom. The molecule has 2 aliphatic heterocycles. The number of hydrogen-bond acceptors (Lipinski definition) is 7. The summed E-state index contributed by atoms with van der Waals surface area (Å²) in [6.07, 6.45) is -0.108. The van der Waals surface area contributed by atoms with Gasteiger partial charge in [-0.2, -0.15) is 0 Å². The van der Waals surface area contributed by atoms with Gasteiger partial charge in [0.25, 0.3) is 0 Å². The molecule has 0 saturated carbocycles. The standard InChI is InChI=1S/C23H29NO6/c1-6-24(7-2)23-13(3)21(14-8-19(26-4)22(25)20(9-14)27-5)15-10-17-18(29-12-28-17)11-16(15)30-23/h8-11,13,21,23,25H,6-7,12H2,1-5H3/t13-,21-,23+/m1/s1. The molecule has 0 aliphatic carbocycles. The van der Waals surface area contributed by atoms with E-state index in [1.165, 1.54) is 14.2 Å². The van der Waals surface area contributed by atoms with Gasteiger partial charge in [0, 0.05) is 23.5 Å². The lowest BCUT2D eigenvalue weighted by Crippen LogP contribution is -2.48. The molecule has 0 spiro atoms. The molecule has 4 rings (SSSR count). The number of phenols is 1. The van der Waals surface area contributed by atoms with Gasteiger partial charge in [-0.15, -0.1) is 0 Å². The molecule has 0 fully saturated rings. The molecule has 2 aromatic rings. The summed E-state index contributed by atoms with van der Waals surface area (Å²) in [5, 5.41) is 10.4. The van der Waals surface area contributed by atoms with E-state index in [1.54, 1.807) is 0 Å². The largest absolute Gasteiger partial charge is 0.502 e. The zero-order chi connectivity index (χ0) is 21.4. The molecular weight excluding hydrogens is 386 g/mol. The molecule has 7 nitrogen and oxygen atoms in total. The maximum atomic E-state index is 10.4. The number of ether oxygens (including phenoxy) is 5. The van der Waals surface area contributed by atoms with Gasteiger partial charge in [0.15, 0.2) is 29.2 Å². The third-order valence-electron chi connectivity index (χ3n) is 6.10. The molecule has 3 atom stereocenters. The highest BCUT2D eigenvalue weighted by Gasteiger charge is 2.40. The Labute approximate surface area is 177 Å². The topological polar surface area (TPSA) is 69.6 Å². The maximum Gasteiger partial charge on any atom is 0.231 e. The summed E-state index contributed by atoms with van der Waals surface area (Å²) in [4.78, 5) is 2.31. The van der Waals surface area contributed by atoms with E-state index in [0.717, 1.165) is 30.0 Å². The Kier molecular flexibility index (Phi) is 5.56. The average Bonchev–Trinajstić information content (AvgIpc) is 3.21. The second kappa shape index (κ2) is 8.14. The van der Waals surface area contributed by atoms with Crippen molar-refractivity contribution in [3.8, 4) is 34.5 Å². The number of benzene rings is 2. The molecule has 2 heterocycles. The van der Waals surface area contributed by atoms with Crippen LogP contribution in [0.1, 0.15) is 37.8 Å². The van der Waals surface area contributed by atoms with Crippen molar-refractivity contribution in [2.45, 2.75) is 32.9 Å². The van der Waals surface area contributed by atoms with Crippen molar-refractivity contribution in [2.75, 3.05) is 34.1 Å². The minimum Gasteiger partial charge on any atom is -0.502 e. The molecule has 0 aromatic heterocycles. The molecule has 2 aliphatic rings. The number of nitrogens with zero attached hydrogens (tertiary/aromatic N) is 1. The van der Waals surface area contributed by atoms with Crippen molar-refractivity contribution in [1.82, 2.24) is 4.90 Å². The van der Waals surface area contributed by atoms with Crippen molar-refractivity contribution in [2.24, 2.45) is 5.92 Å². The smallest absolute Gasteiger partial charge is 0.231 e. The summed E-state index contributed by atoms with van der Waals surface area (Å²) < 4.78 is 28.5. The van der Waals surface area contributed by atoms with E-state index in [2.05, 4.69) is 25.7 Å². The highest BCUT2D eigenvalue weighted by Crippen LogP contribution is 2.51. The van der Waals surface area contributed by atoms with Crippen LogP contribution < -0.4 is 23.7 Å². The van der Waals surface area contributed by atoms with Crippen LogP contribution in [-0.2, 0) is 0 Å².